The number of hydrogen-bond acceptors (Lipinski definition) is 4. The number of fused-ring (bicyclic) bond motifs is 1. The van der Waals surface area contributed by atoms with Crippen LogP contribution in [-0.2, 0) is 18.4 Å². The molecule has 0 radical (unpaired) electrons. The molecular formula is C29H32N4O. The lowest BCUT2D eigenvalue weighted by atomic mass is 9.89. The van der Waals surface area contributed by atoms with Crippen molar-refractivity contribution in [3.63, 3.8) is 0 Å². The van der Waals surface area contributed by atoms with Crippen molar-refractivity contribution in [2.75, 3.05) is 24.5 Å². The molecule has 1 aliphatic carbocycles. The summed E-state index contributed by atoms with van der Waals surface area (Å²) in [4.78, 5) is 28.1. The number of benzene rings is 2. The van der Waals surface area contributed by atoms with Gasteiger partial charge in [0, 0.05) is 37.8 Å². The van der Waals surface area contributed by atoms with Gasteiger partial charge in [-0.1, -0.05) is 61.5 Å². The van der Waals surface area contributed by atoms with Crippen molar-refractivity contribution in [2.45, 2.75) is 51.0 Å². The topological polar surface area (TPSA) is 49.3 Å². The highest BCUT2D eigenvalue weighted by Gasteiger charge is 2.50. The quantitative estimate of drug-likeness (QED) is 0.560. The van der Waals surface area contributed by atoms with Gasteiger partial charge in [-0.15, -0.1) is 0 Å². The number of nitrogens with zero attached hydrogens (tertiary/aromatic N) is 4. The van der Waals surface area contributed by atoms with Gasteiger partial charge in [-0.2, -0.15) is 0 Å². The van der Waals surface area contributed by atoms with E-state index in [4.69, 9.17) is 9.97 Å². The van der Waals surface area contributed by atoms with Crippen LogP contribution < -0.4 is 4.90 Å². The van der Waals surface area contributed by atoms with E-state index in [1.165, 1.54) is 23.1 Å². The van der Waals surface area contributed by atoms with Crippen LogP contribution in [-0.4, -0.2) is 40.4 Å². The Kier molecular flexibility index (Phi) is 5.35. The molecule has 1 saturated heterocycles. The minimum atomic E-state index is -0.182. The van der Waals surface area contributed by atoms with Crippen molar-refractivity contribution in [1.82, 2.24) is 14.9 Å². The van der Waals surface area contributed by atoms with Gasteiger partial charge in [0.15, 0.2) is 0 Å². The second kappa shape index (κ2) is 8.53. The van der Waals surface area contributed by atoms with Gasteiger partial charge in [0.2, 0.25) is 5.95 Å². The molecule has 174 valence electrons. The highest BCUT2D eigenvalue weighted by atomic mass is 16.2. The maximum absolute atomic E-state index is 13.9. The second-order valence-corrected chi connectivity index (χ2v) is 10.3. The average Bonchev–Trinajstić information content (AvgIpc) is 3.70. The van der Waals surface area contributed by atoms with Gasteiger partial charge in [-0.05, 0) is 54.7 Å². The first-order valence-corrected chi connectivity index (χ1v) is 12.7. The zero-order valence-corrected chi connectivity index (χ0v) is 19.9. The SMILES string of the molecule is CC1CCCN(c2ncc(C(=O)N3CCc4ccccc4C3)c(C3(c4ccccc4)CC3)n2)C1. The zero-order valence-electron chi connectivity index (χ0n) is 19.9. The minimum Gasteiger partial charge on any atom is -0.341 e. The molecule has 1 atom stereocenters. The summed E-state index contributed by atoms with van der Waals surface area (Å²) in [5, 5.41) is 0. The number of carbonyl (C=O) groups excluding carboxylic acids is 1. The molecule has 3 aromatic rings. The Hall–Kier alpha value is -3.21. The molecule has 3 aliphatic rings. The van der Waals surface area contributed by atoms with E-state index in [1.54, 1.807) is 0 Å². The molecule has 2 aromatic carbocycles. The third kappa shape index (κ3) is 3.77. The van der Waals surface area contributed by atoms with Crippen molar-refractivity contribution in [1.29, 1.82) is 0 Å². The Balaban J connectivity index is 1.39. The molecule has 1 saturated carbocycles. The Bertz CT molecular complexity index is 1200. The van der Waals surface area contributed by atoms with E-state index in [2.05, 4.69) is 66.4 Å². The fourth-order valence-electron chi connectivity index (χ4n) is 5.80. The smallest absolute Gasteiger partial charge is 0.257 e. The summed E-state index contributed by atoms with van der Waals surface area (Å²) < 4.78 is 0. The van der Waals surface area contributed by atoms with Crippen molar-refractivity contribution in [2.24, 2.45) is 5.92 Å². The van der Waals surface area contributed by atoms with Crippen LogP contribution in [0.15, 0.2) is 60.8 Å². The third-order valence-electron chi connectivity index (χ3n) is 7.89. The van der Waals surface area contributed by atoms with Crippen LogP contribution in [0.5, 0.6) is 0 Å². The van der Waals surface area contributed by atoms with Crippen molar-refractivity contribution in [3.05, 3.63) is 88.7 Å². The van der Waals surface area contributed by atoms with Crippen LogP contribution in [0, 0.1) is 5.92 Å². The molecule has 0 spiro atoms. The maximum atomic E-state index is 13.9. The Morgan fingerprint density at radius 2 is 1.76 bits per heavy atom. The first kappa shape index (κ1) is 21.3. The van der Waals surface area contributed by atoms with E-state index in [0.29, 0.717) is 18.0 Å². The molecule has 5 nitrogen and oxygen atoms in total. The van der Waals surface area contributed by atoms with Gasteiger partial charge < -0.3 is 9.80 Å². The van der Waals surface area contributed by atoms with Crippen LogP contribution in [0.4, 0.5) is 5.95 Å². The summed E-state index contributed by atoms with van der Waals surface area (Å²) in [7, 11) is 0. The Labute approximate surface area is 201 Å². The van der Waals surface area contributed by atoms with Crippen LogP contribution in [0.3, 0.4) is 0 Å². The molecule has 1 amide bonds. The molecular weight excluding hydrogens is 420 g/mol. The summed E-state index contributed by atoms with van der Waals surface area (Å²) >= 11 is 0. The van der Waals surface area contributed by atoms with Gasteiger partial charge in [-0.3, -0.25) is 4.79 Å². The highest BCUT2D eigenvalue weighted by molar-refractivity contribution is 5.96. The van der Waals surface area contributed by atoms with Crippen molar-refractivity contribution < 1.29 is 4.79 Å². The van der Waals surface area contributed by atoms with Crippen LogP contribution in [0.25, 0.3) is 0 Å². The monoisotopic (exact) mass is 452 g/mol. The van der Waals surface area contributed by atoms with E-state index >= 15 is 0 Å². The second-order valence-electron chi connectivity index (χ2n) is 10.3. The number of aromatic nitrogens is 2. The Morgan fingerprint density at radius 1 is 1.00 bits per heavy atom. The van der Waals surface area contributed by atoms with Gasteiger partial charge >= 0.3 is 0 Å². The standard InChI is InChI=1S/C29H32N4O/c1-21-8-7-16-33(19-21)28-30-18-25(26(31-28)29(14-15-29)24-11-3-2-4-12-24)27(34)32-17-13-22-9-5-6-10-23(22)20-32/h2-6,9-12,18,21H,7-8,13-17,19-20H2,1H3. The Morgan fingerprint density at radius 3 is 2.53 bits per heavy atom. The fourth-order valence-corrected chi connectivity index (χ4v) is 5.80. The lowest BCUT2D eigenvalue weighted by Gasteiger charge is -2.33. The molecule has 1 unspecified atom stereocenters. The molecule has 34 heavy (non-hydrogen) atoms. The third-order valence-corrected chi connectivity index (χ3v) is 7.89. The van der Waals surface area contributed by atoms with Crippen molar-refractivity contribution >= 4 is 11.9 Å². The van der Waals surface area contributed by atoms with Gasteiger partial charge in [0.05, 0.1) is 11.3 Å². The molecule has 0 N–H and O–H groups in total. The van der Waals surface area contributed by atoms with E-state index in [9.17, 15) is 4.79 Å². The van der Waals surface area contributed by atoms with Crippen LogP contribution >= 0.6 is 0 Å². The summed E-state index contributed by atoms with van der Waals surface area (Å²) in [5.74, 6) is 1.48. The summed E-state index contributed by atoms with van der Waals surface area (Å²) in [5.41, 5.74) is 5.26. The lowest BCUT2D eigenvalue weighted by molar-refractivity contribution is 0.0732. The van der Waals surface area contributed by atoms with Gasteiger partial charge in [0.25, 0.3) is 5.91 Å². The summed E-state index contributed by atoms with van der Waals surface area (Å²) in [6, 6.07) is 19.1. The van der Waals surface area contributed by atoms with Gasteiger partial charge in [0.1, 0.15) is 0 Å². The molecule has 1 aromatic heterocycles. The largest absolute Gasteiger partial charge is 0.341 e. The number of rotatable bonds is 4. The zero-order chi connectivity index (χ0) is 23.1. The summed E-state index contributed by atoms with van der Waals surface area (Å²) in [6.07, 6.45) is 7.18. The maximum Gasteiger partial charge on any atom is 0.257 e. The fraction of sp³-hybridized carbons (Fsp3) is 0.414. The van der Waals surface area contributed by atoms with Gasteiger partial charge in [-0.25, -0.2) is 9.97 Å². The number of anilines is 1. The highest BCUT2D eigenvalue weighted by Crippen LogP contribution is 2.54. The average molecular weight is 453 g/mol. The predicted molar refractivity (Wildman–Crippen MR) is 134 cm³/mol. The molecule has 2 aliphatic heterocycles. The number of hydrogen-bond donors (Lipinski definition) is 0. The molecule has 0 bridgehead atoms. The minimum absolute atomic E-state index is 0.0604. The van der Waals surface area contributed by atoms with E-state index in [0.717, 1.165) is 57.0 Å². The number of amides is 1. The first-order chi connectivity index (χ1) is 16.6. The molecule has 5 heteroatoms. The van der Waals surface area contributed by atoms with Crippen molar-refractivity contribution in [3.8, 4) is 0 Å². The lowest BCUT2D eigenvalue weighted by Crippen LogP contribution is -2.38. The number of carbonyl (C=O) groups is 1. The number of piperidine rings is 1. The van der Waals surface area contributed by atoms with E-state index in [1.807, 2.05) is 11.1 Å². The summed E-state index contributed by atoms with van der Waals surface area (Å²) in [6.45, 7) is 5.65. The molecule has 6 rings (SSSR count). The molecule has 3 heterocycles. The normalized spacial score (nSPS) is 21.1. The van der Waals surface area contributed by atoms with E-state index in [-0.39, 0.29) is 11.3 Å². The molecule has 2 fully saturated rings. The van der Waals surface area contributed by atoms with Crippen LogP contribution in [0.1, 0.15) is 65.3 Å². The first-order valence-electron chi connectivity index (χ1n) is 12.7. The van der Waals surface area contributed by atoms with E-state index < -0.39 is 0 Å². The van der Waals surface area contributed by atoms with Crippen LogP contribution in [0.2, 0.25) is 0 Å². The predicted octanol–water partition coefficient (Wildman–Crippen LogP) is 4.99.